The SMILES string of the molecule is CCCCOc1ccccc1C(=O)NC(=S)NNC(=O)COc1ccc(-c2ccccc2)cc1. The molecular weight excluding hydrogens is 450 g/mol. The Bertz CT molecular complexity index is 1100. The Labute approximate surface area is 204 Å². The molecule has 0 radical (unpaired) electrons. The van der Waals surface area contributed by atoms with Gasteiger partial charge in [-0.25, -0.2) is 0 Å². The van der Waals surface area contributed by atoms with Crippen molar-refractivity contribution < 1.29 is 19.1 Å². The van der Waals surface area contributed by atoms with Gasteiger partial charge in [0.1, 0.15) is 11.5 Å². The summed E-state index contributed by atoms with van der Waals surface area (Å²) in [6.07, 6.45) is 1.88. The van der Waals surface area contributed by atoms with Crippen molar-refractivity contribution in [3.8, 4) is 22.6 Å². The summed E-state index contributed by atoms with van der Waals surface area (Å²) in [5.41, 5.74) is 7.41. The van der Waals surface area contributed by atoms with Crippen LogP contribution in [0, 0.1) is 0 Å². The molecule has 0 aliphatic heterocycles. The molecule has 3 N–H and O–H groups in total. The quantitative estimate of drug-likeness (QED) is 0.243. The average molecular weight is 478 g/mol. The van der Waals surface area contributed by atoms with Crippen LogP contribution in [0.2, 0.25) is 0 Å². The van der Waals surface area contributed by atoms with Crippen molar-refractivity contribution in [2.45, 2.75) is 19.8 Å². The first-order valence-electron chi connectivity index (χ1n) is 11.0. The minimum Gasteiger partial charge on any atom is -0.493 e. The van der Waals surface area contributed by atoms with E-state index >= 15 is 0 Å². The zero-order valence-electron chi connectivity index (χ0n) is 18.9. The number of ether oxygens (including phenoxy) is 2. The van der Waals surface area contributed by atoms with E-state index in [-0.39, 0.29) is 11.7 Å². The van der Waals surface area contributed by atoms with Crippen molar-refractivity contribution in [2.75, 3.05) is 13.2 Å². The molecule has 0 unspecified atom stereocenters. The molecule has 3 rings (SSSR count). The number of hydrazine groups is 1. The maximum Gasteiger partial charge on any atom is 0.276 e. The first kappa shape index (κ1) is 24.7. The van der Waals surface area contributed by atoms with Gasteiger partial charge in [-0.2, -0.15) is 0 Å². The van der Waals surface area contributed by atoms with E-state index in [4.69, 9.17) is 21.7 Å². The topological polar surface area (TPSA) is 88.7 Å². The van der Waals surface area contributed by atoms with Crippen molar-refractivity contribution in [3.05, 3.63) is 84.4 Å². The minimum absolute atomic E-state index is 0.0473. The number of unbranched alkanes of at least 4 members (excludes halogenated alkanes) is 1. The molecule has 0 heterocycles. The zero-order valence-corrected chi connectivity index (χ0v) is 19.7. The van der Waals surface area contributed by atoms with Crippen LogP contribution in [-0.4, -0.2) is 30.1 Å². The number of carbonyl (C=O) groups is 2. The highest BCUT2D eigenvalue weighted by Gasteiger charge is 2.14. The summed E-state index contributed by atoms with van der Waals surface area (Å²) in [5.74, 6) is 0.151. The summed E-state index contributed by atoms with van der Waals surface area (Å²) in [6, 6.07) is 24.3. The molecule has 176 valence electrons. The van der Waals surface area contributed by atoms with Gasteiger partial charge in [-0.1, -0.05) is 67.9 Å². The summed E-state index contributed by atoms with van der Waals surface area (Å²) >= 11 is 5.10. The van der Waals surface area contributed by atoms with Gasteiger partial charge in [-0.15, -0.1) is 0 Å². The highest BCUT2D eigenvalue weighted by atomic mass is 32.1. The molecule has 0 aliphatic carbocycles. The van der Waals surface area contributed by atoms with Crippen LogP contribution in [0.15, 0.2) is 78.9 Å². The van der Waals surface area contributed by atoms with Crippen LogP contribution in [-0.2, 0) is 4.79 Å². The van der Waals surface area contributed by atoms with Crippen molar-refractivity contribution in [1.29, 1.82) is 0 Å². The molecule has 0 spiro atoms. The predicted molar refractivity (Wildman–Crippen MR) is 136 cm³/mol. The first-order valence-corrected chi connectivity index (χ1v) is 11.4. The Kier molecular flexibility index (Phi) is 9.42. The van der Waals surface area contributed by atoms with Crippen LogP contribution in [0.1, 0.15) is 30.1 Å². The lowest BCUT2D eigenvalue weighted by Gasteiger charge is -2.13. The van der Waals surface area contributed by atoms with Gasteiger partial charge in [0.05, 0.1) is 12.2 Å². The molecule has 3 aromatic rings. The fraction of sp³-hybridized carbons (Fsp3) is 0.192. The third kappa shape index (κ3) is 7.60. The Morgan fingerprint density at radius 2 is 1.50 bits per heavy atom. The molecular formula is C26H27N3O4S. The van der Waals surface area contributed by atoms with Gasteiger partial charge < -0.3 is 9.47 Å². The number of amides is 2. The lowest BCUT2D eigenvalue weighted by molar-refractivity contribution is -0.123. The van der Waals surface area contributed by atoms with E-state index in [1.807, 2.05) is 42.5 Å². The lowest BCUT2D eigenvalue weighted by Crippen LogP contribution is -2.49. The molecule has 0 saturated heterocycles. The summed E-state index contributed by atoms with van der Waals surface area (Å²) in [6.45, 7) is 2.36. The average Bonchev–Trinajstić information content (AvgIpc) is 2.87. The van der Waals surface area contributed by atoms with Crippen molar-refractivity contribution in [2.24, 2.45) is 0 Å². The van der Waals surface area contributed by atoms with Gasteiger partial charge in [0.2, 0.25) is 0 Å². The number of nitrogens with one attached hydrogen (secondary N) is 3. The van der Waals surface area contributed by atoms with Gasteiger partial charge in [0.25, 0.3) is 11.8 Å². The van der Waals surface area contributed by atoms with E-state index in [2.05, 4.69) is 23.1 Å². The largest absolute Gasteiger partial charge is 0.493 e. The first-order chi connectivity index (χ1) is 16.6. The van der Waals surface area contributed by atoms with Crippen molar-refractivity contribution in [3.63, 3.8) is 0 Å². The maximum absolute atomic E-state index is 12.5. The molecule has 0 saturated carbocycles. The van der Waals surface area contributed by atoms with Gasteiger partial charge in [0.15, 0.2) is 11.7 Å². The molecule has 8 heteroatoms. The number of rotatable bonds is 9. The molecule has 0 aliphatic rings. The molecule has 0 fully saturated rings. The third-order valence-electron chi connectivity index (χ3n) is 4.76. The number of carbonyl (C=O) groups excluding carboxylic acids is 2. The molecule has 0 bridgehead atoms. The van der Waals surface area contributed by atoms with Crippen LogP contribution < -0.4 is 25.6 Å². The fourth-order valence-corrected chi connectivity index (χ4v) is 3.14. The molecule has 0 aromatic heterocycles. The second kappa shape index (κ2) is 13.0. The highest BCUT2D eigenvalue weighted by Crippen LogP contribution is 2.22. The minimum atomic E-state index is -0.452. The zero-order chi connectivity index (χ0) is 24.2. The van der Waals surface area contributed by atoms with Crippen LogP contribution in [0.25, 0.3) is 11.1 Å². The second-order valence-electron chi connectivity index (χ2n) is 7.33. The number of thiocarbonyl (C=S) groups is 1. The summed E-state index contributed by atoms with van der Waals surface area (Å²) in [7, 11) is 0. The van der Waals surface area contributed by atoms with Gasteiger partial charge in [0, 0.05) is 0 Å². The normalized spacial score (nSPS) is 10.1. The molecule has 0 atom stereocenters. The molecule has 34 heavy (non-hydrogen) atoms. The monoisotopic (exact) mass is 477 g/mol. The van der Waals surface area contributed by atoms with E-state index in [0.717, 1.165) is 24.0 Å². The number of hydrogen-bond donors (Lipinski definition) is 3. The van der Waals surface area contributed by atoms with Gasteiger partial charge >= 0.3 is 0 Å². The number of benzene rings is 3. The van der Waals surface area contributed by atoms with Gasteiger partial charge in [-0.3, -0.25) is 25.8 Å². The molecule has 3 aromatic carbocycles. The van der Waals surface area contributed by atoms with Crippen molar-refractivity contribution >= 4 is 29.1 Å². The van der Waals surface area contributed by atoms with E-state index in [1.165, 1.54) is 0 Å². The third-order valence-corrected chi connectivity index (χ3v) is 4.97. The predicted octanol–water partition coefficient (Wildman–Crippen LogP) is 4.25. The molecule has 7 nitrogen and oxygen atoms in total. The number of hydrogen-bond acceptors (Lipinski definition) is 5. The van der Waals surface area contributed by atoms with Crippen LogP contribution in [0.3, 0.4) is 0 Å². The Hall–Kier alpha value is -3.91. The van der Waals surface area contributed by atoms with Crippen LogP contribution in [0.4, 0.5) is 0 Å². The number of para-hydroxylation sites is 1. The summed E-state index contributed by atoms with van der Waals surface area (Å²) < 4.78 is 11.2. The van der Waals surface area contributed by atoms with Crippen molar-refractivity contribution in [1.82, 2.24) is 16.2 Å². The van der Waals surface area contributed by atoms with E-state index in [9.17, 15) is 9.59 Å². The standard InChI is InChI=1S/C26H27N3O4S/c1-2-3-17-32-23-12-8-7-11-22(23)25(31)27-26(34)29-28-24(30)18-33-21-15-13-20(14-16-21)19-9-5-4-6-10-19/h4-16H,2-3,17-18H2,1H3,(H,28,30)(H2,27,29,31,34). The van der Waals surface area contributed by atoms with E-state index < -0.39 is 11.8 Å². The smallest absolute Gasteiger partial charge is 0.276 e. The Morgan fingerprint density at radius 3 is 2.24 bits per heavy atom. The fourth-order valence-electron chi connectivity index (χ4n) is 2.99. The molecule has 2 amide bonds. The Balaban J connectivity index is 1.42. The lowest BCUT2D eigenvalue weighted by atomic mass is 10.1. The highest BCUT2D eigenvalue weighted by molar-refractivity contribution is 7.80. The van der Waals surface area contributed by atoms with Crippen LogP contribution >= 0.6 is 12.2 Å². The Morgan fingerprint density at radius 1 is 0.824 bits per heavy atom. The van der Waals surface area contributed by atoms with E-state index in [0.29, 0.717) is 23.7 Å². The van der Waals surface area contributed by atoms with Crippen LogP contribution in [0.5, 0.6) is 11.5 Å². The second-order valence-corrected chi connectivity index (χ2v) is 7.74. The maximum atomic E-state index is 12.5. The van der Waals surface area contributed by atoms with E-state index in [1.54, 1.807) is 36.4 Å². The summed E-state index contributed by atoms with van der Waals surface area (Å²) in [4.78, 5) is 24.6. The van der Waals surface area contributed by atoms with Gasteiger partial charge in [-0.05, 0) is 54.0 Å². The summed E-state index contributed by atoms with van der Waals surface area (Å²) in [5, 5.41) is 2.48.